The number of hydrogen-bond acceptors (Lipinski definition) is 4. The lowest BCUT2D eigenvalue weighted by molar-refractivity contribution is -0.139. The second-order valence-corrected chi connectivity index (χ2v) is 6.69. The van der Waals surface area contributed by atoms with Gasteiger partial charge in [-0.3, -0.25) is 14.6 Å². The molecule has 3 rings (SSSR count). The van der Waals surface area contributed by atoms with E-state index < -0.39 is 5.97 Å². The molecule has 2 aliphatic rings. The fourth-order valence-corrected chi connectivity index (χ4v) is 4.00. The molecule has 3 atom stereocenters. The van der Waals surface area contributed by atoms with Gasteiger partial charge in [-0.05, 0) is 36.0 Å². The highest BCUT2D eigenvalue weighted by atomic mass is 16.4. The lowest BCUT2D eigenvalue weighted by Gasteiger charge is -2.48. The average Bonchev–Trinajstić information content (AvgIpc) is 2.46. The van der Waals surface area contributed by atoms with Gasteiger partial charge in [0.15, 0.2) is 0 Å². The van der Waals surface area contributed by atoms with Gasteiger partial charge in [-0.25, -0.2) is 0 Å². The van der Waals surface area contributed by atoms with Gasteiger partial charge in [0.2, 0.25) is 0 Å². The maximum atomic E-state index is 10.9. The largest absolute Gasteiger partial charge is 0.508 e. The number of phenols is 1. The van der Waals surface area contributed by atoms with E-state index in [1.807, 2.05) is 17.0 Å². The van der Waals surface area contributed by atoms with Crippen LogP contribution in [0.5, 0.6) is 5.75 Å². The molecule has 2 fully saturated rings. The molecule has 1 aromatic carbocycles. The van der Waals surface area contributed by atoms with Crippen LogP contribution in [0.4, 0.5) is 0 Å². The summed E-state index contributed by atoms with van der Waals surface area (Å²) in [7, 11) is 0. The van der Waals surface area contributed by atoms with Gasteiger partial charge in [-0.15, -0.1) is 0 Å². The molecule has 3 unspecified atom stereocenters. The number of rotatable bonds is 3. The third-order valence-corrected chi connectivity index (χ3v) is 5.08. The Morgan fingerprint density at radius 2 is 2.14 bits per heavy atom. The molecule has 0 amide bonds. The van der Waals surface area contributed by atoms with Gasteiger partial charge in [0.05, 0.1) is 6.54 Å². The van der Waals surface area contributed by atoms with Gasteiger partial charge in [-0.2, -0.15) is 0 Å². The SMILES string of the molecule is CC1CN2CCN(CC(=O)O)CC2CC1c1cccc(O)c1. The first-order valence-corrected chi connectivity index (χ1v) is 8.00. The van der Waals surface area contributed by atoms with Crippen LogP contribution in [0.25, 0.3) is 0 Å². The highest BCUT2D eigenvalue weighted by Crippen LogP contribution is 2.37. The maximum Gasteiger partial charge on any atom is 0.317 e. The molecule has 2 aliphatic heterocycles. The van der Waals surface area contributed by atoms with Crippen LogP contribution < -0.4 is 0 Å². The van der Waals surface area contributed by atoms with E-state index in [9.17, 15) is 9.90 Å². The predicted octanol–water partition coefficient (Wildman–Crippen LogP) is 1.59. The minimum Gasteiger partial charge on any atom is -0.508 e. The first kappa shape index (κ1) is 15.3. The molecule has 0 bridgehead atoms. The van der Waals surface area contributed by atoms with Gasteiger partial charge >= 0.3 is 5.97 Å². The zero-order chi connectivity index (χ0) is 15.7. The monoisotopic (exact) mass is 304 g/mol. The Bertz CT molecular complexity index is 548. The van der Waals surface area contributed by atoms with E-state index in [0.29, 0.717) is 23.6 Å². The van der Waals surface area contributed by atoms with Crippen LogP contribution >= 0.6 is 0 Å². The summed E-state index contributed by atoms with van der Waals surface area (Å²) in [5.41, 5.74) is 1.20. The second kappa shape index (κ2) is 6.26. The lowest BCUT2D eigenvalue weighted by Crippen LogP contribution is -2.58. The molecule has 1 aromatic rings. The van der Waals surface area contributed by atoms with Crippen LogP contribution in [0.15, 0.2) is 24.3 Å². The zero-order valence-corrected chi connectivity index (χ0v) is 13.0. The Balaban J connectivity index is 1.72. The van der Waals surface area contributed by atoms with Crippen LogP contribution in [0.2, 0.25) is 0 Å². The van der Waals surface area contributed by atoms with Crippen molar-refractivity contribution >= 4 is 5.97 Å². The summed E-state index contributed by atoms with van der Waals surface area (Å²) in [4.78, 5) is 15.5. The molecule has 2 heterocycles. The van der Waals surface area contributed by atoms with Crippen molar-refractivity contribution in [3.05, 3.63) is 29.8 Å². The Kier molecular flexibility index (Phi) is 4.36. The highest BCUT2D eigenvalue weighted by Gasteiger charge is 2.37. The second-order valence-electron chi connectivity index (χ2n) is 6.69. The Morgan fingerprint density at radius 3 is 2.86 bits per heavy atom. The fourth-order valence-electron chi connectivity index (χ4n) is 4.00. The minimum absolute atomic E-state index is 0.136. The van der Waals surface area contributed by atoms with E-state index in [-0.39, 0.29) is 6.54 Å². The number of nitrogens with zero attached hydrogens (tertiary/aromatic N) is 2. The van der Waals surface area contributed by atoms with Crippen LogP contribution in [0.1, 0.15) is 24.8 Å². The summed E-state index contributed by atoms with van der Waals surface area (Å²) < 4.78 is 0. The normalized spacial score (nSPS) is 30.0. The van der Waals surface area contributed by atoms with Gasteiger partial charge in [0, 0.05) is 32.2 Å². The maximum absolute atomic E-state index is 10.9. The molecule has 2 N–H and O–H groups in total. The number of fused-ring (bicyclic) bond motifs is 1. The molecule has 5 heteroatoms. The number of aromatic hydroxyl groups is 1. The van der Waals surface area contributed by atoms with Gasteiger partial charge in [0.25, 0.3) is 0 Å². The molecule has 0 aliphatic carbocycles. The van der Waals surface area contributed by atoms with E-state index in [2.05, 4.69) is 17.9 Å². The van der Waals surface area contributed by atoms with Crippen molar-refractivity contribution in [3.63, 3.8) is 0 Å². The molecule has 5 nitrogen and oxygen atoms in total. The van der Waals surface area contributed by atoms with Gasteiger partial charge < -0.3 is 10.2 Å². The third kappa shape index (κ3) is 3.25. The standard InChI is InChI=1S/C17H24N2O3/c1-12-9-19-6-5-18(11-17(21)22)10-14(19)8-16(12)13-3-2-4-15(20)7-13/h2-4,7,12,14,16,20H,5-6,8-11H2,1H3,(H,21,22). The third-order valence-electron chi connectivity index (χ3n) is 5.08. The molecular formula is C17H24N2O3. The van der Waals surface area contributed by atoms with E-state index >= 15 is 0 Å². The number of benzene rings is 1. The van der Waals surface area contributed by atoms with Crippen LogP contribution in [0.3, 0.4) is 0 Å². The molecule has 0 spiro atoms. The van der Waals surface area contributed by atoms with E-state index in [1.165, 1.54) is 5.56 Å². The van der Waals surface area contributed by atoms with Crippen molar-refractivity contribution in [2.45, 2.75) is 25.3 Å². The van der Waals surface area contributed by atoms with Crippen LogP contribution in [0, 0.1) is 5.92 Å². The topological polar surface area (TPSA) is 64.0 Å². The summed E-state index contributed by atoms with van der Waals surface area (Å²) in [6.45, 7) is 6.08. The van der Waals surface area contributed by atoms with Crippen LogP contribution in [-0.2, 0) is 4.79 Å². The van der Waals surface area contributed by atoms with Crippen molar-refractivity contribution in [1.82, 2.24) is 9.80 Å². The van der Waals surface area contributed by atoms with E-state index in [4.69, 9.17) is 5.11 Å². The number of carbonyl (C=O) groups is 1. The number of phenolic OH excluding ortho intramolecular Hbond substituents is 1. The van der Waals surface area contributed by atoms with Crippen molar-refractivity contribution in [2.75, 3.05) is 32.7 Å². The summed E-state index contributed by atoms with van der Waals surface area (Å²) >= 11 is 0. The Labute approximate surface area is 131 Å². The zero-order valence-electron chi connectivity index (χ0n) is 13.0. The summed E-state index contributed by atoms with van der Waals surface area (Å²) in [5, 5.41) is 18.7. The van der Waals surface area contributed by atoms with E-state index in [1.54, 1.807) is 6.07 Å². The molecule has 0 aromatic heterocycles. The smallest absolute Gasteiger partial charge is 0.317 e. The molecule has 120 valence electrons. The number of piperazine rings is 1. The molecule has 0 radical (unpaired) electrons. The fraction of sp³-hybridized carbons (Fsp3) is 0.588. The van der Waals surface area contributed by atoms with Crippen LogP contribution in [-0.4, -0.2) is 64.7 Å². The van der Waals surface area contributed by atoms with Crippen molar-refractivity contribution in [1.29, 1.82) is 0 Å². The highest BCUT2D eigenvalue weighted by molar-refractivity contribution is 5.69. The predicted molar refractivity (Wildman–Crippen MR) is 84.1 cm³/mol. The Hall–Kier alpha value is -1.59. The first-order valence-electron chi connectivity index (χ1n) is 8.00. The van der Waals surface area contributed by atoms with Crippen molar-refractivity contribution < 1.29 is 15.0 Å². The van der Waals surface area contributed by atoms with Gasteiger partial charge in [0.1, 0.15) is 5.75 Å². The average molecular weight is 304 g/mol. The number of carboxylic acid groups (broad SMARTS) is 1. The van der Waals surface area contributed by atoms with Crippen molar-refractivity contribution in [3.8, 4) is 5.75 Å². The number of hydrogen-bond donors (Lipinski definition) is 2. The number of piperidine rings is 1. The molecular weight excluding hydrogens is 280 g/mol. The minimum atomic E-state index is -0.748. The number of aliphatic carboxylic acids is 1. The molecule has 0 saturated carbocycles. The molecule has 22 heavy (non-hydrogen) atoms. The van der Waals surface area contributed by atoms with Gasteiger partial charge in [-0.1, -0.05) is 19.1 Å². The summed E-state index contributed by atoms with van der Waals surface area (Å²) in [6.07, 6.45) is 1.03. The summed E-state index contributed by atoms with van der Waals surface area (Å²) in [5.74, 6) is 0.549. The van der Waals surface area contributed by atoms with Crippen molar-refractivity contribution in [2.24, 2.45) is 5.92 Å². The first-order chi connectivity index (χ1) is 10.5. The summed E-state index contributed by atoms with van der Waals surface area (Å²) in [6, 6.07) is 7.99. The van der Waals surface area contributed by atoms with E-state index in [0.717, 1.165) is 32.6 Å². The lowest BCUT2D eigenvalue weighted by atomic mass is 9.77. The number of carboxylic acids is 1. The Morgan fingerprint density at radius 1 is 1.32 bits per heavy atom. The molecule has 2 saturated heterocycles. The quantitative estimate of drug-likeness (QED) is 0.888.